The van der Waals surface area contributed by atoms with E-state index in [4.69, 9.17) is 24.1 Å². The van der Waals surface area contributed by atoms with Crippen LogP contribution < -0.4 is 18.9 Å². The van der Waals surface area contributed by atoms with Gasteiger partial charge in [-0.2, -0.15) is 5.10 Å². The summed E-state index contributed by atoms with van der Waals surface area (Å²) in [6, 6.07) is 10.4. The molecule has 2 aromatic rings. The van der Waals surface area contributed by atoms with E-state index in [-0.39, 0.29) is 25.2 Å². The van der Waals surface area contributed by atoms with E-state index >= 15 is 0 Å². The van der Waals surface area contributed by atoms with Crippen LogP contribution in [-0.4, -0.2) is 56.1 Å². The quantitative estimate of drug-likeness (QED) is 0.581. The van der Waals surface area contributed by atoms with Gasteiger partial charge < -0.3 is 24.1 Å². The number of nitrogens with zero attached hydrogens (tertiary/aromatic N) is 2. The van der Waals surface area contributed by atoms with E-state index < -0.39 is 12.0 Å². The maximum absolute atomic E-state index is 13.1. The zero-order chi connectivity index (χ0) is 24.0. The average Bonchev–Trinajstić information content (AvgIpc) is 3.28. The van der Waals surface area contributed by atoms with E-state index in [0.717, 1.165) is 11.1 Å². The molecule has 33 heavy (non-hydrogen) atoms. The van der Waals surface area contributed by atoms with E-state index in [1.165, 1.54) is 5.01 Å². The normalized spacial score (nSPS) is 15.1. The Morgan fingerprint density at radius 1 is 0.939 bits per heavy atom. The lowest BCUT2D eigenvalue weighted by molar-refractivity contribution is -0.137. The molecule has 1 amide bonds. The summed E-state index contributed by atoms with van der Waals surface area (Å²) < 4.78 is 21.7. The third-order valence-corrected chi connectivity index (χ3v) is 5.43. The molecule has 1 aliphatic heterocycles. The molecule has 1 atom stereocenters. The molecule has 9 heteroatoms. The fourth-order valence-corrected chi connectivity index (χ4v) is 3.74. The minimum atomic E-state index is -0.942. The fraction of sp³-hybridized carbons (Fsp3) is 0.375. The molecule has 0 aromatic heterocycles. The number of benzene rings is 2. The zero-order valence-electron chi connectivity index (χ0n) is 19.2. The van der Waals surface area contributed by atoms with Gasteiger partial charge in [-0.25, -0.2) is 5.01 Å². The molecule has 176 valence electrons. The van der Waals surface area contributed by atoms with Gasteiger partial charge in [0.2, 0.25) is 5.91 Å². The van der Waals surface area contributed by atoms with Crippen molar-refractivity contribution in [1.82, 2.24) is 5.01 Å². The van der Waals surface area contributed by atoms with Gasteiger partial charge in [-0.15, -0.1) is 0 Å². The average molecular weight is 456 g/mol. The molecule has 0 unspecified atom stereocenters. The smallest absolute Gasteiger partial charge is 0.303 e. The fourth-order valence-electron chi connectivity index (χ4n) is 3.74. The largest absolute Gasteiger partial charge is 0.497 e. The Bertz CT molecular complexity index is 1030. The summed E-state index contributed by atoms with van der Waals surface area (Å²) in [6.45, 7) is 0. The molecular weight excluding hydrogens is 428 g/mol. The van der Waals surface area contributed by atoms with Crippen molar-refractivity contribution in [2.45, 2.75) is 31.7 Å². The van der Waals surface area contributed by atoms with Crippen molar-refractivity contribution in [2.24, 2.45) is 5.10 Å². The van der Waals surface area contributed by atoms with Gasteiger partial charge in [0.15, 0.2) is 0 Å². The van der Waals surface area contributed by atoms with E-state index in [9.17, 15) is 9.59 Å². The molecule has 0 saturated carbocycles. The minimum Gasteiger partial charge on any atom is -0.497 e. The maximum Gasteiger partial charge on any atom is 0.303 e. The Kier molecular flexibility index (Phi) is 7.76. The number of aliphatic carboxylic acids is 1. The molecule has 0 saturated heterocycles. The van der Waals surface area contributed by atoms with Crippen molar-refractivity contribution in [1.29, 1.82) is 0 Å². The Morgan fingerprint density at radius 3 is 2.18 bits per heavy atom. The molecule has 0 radical (unpaired) electrons. The summed E-state index contributed by atoms with van der Waals surface area (Å²) >= 11 is 0. The van der Waals surface area contributed by atoms with Crippen molar-refractivity contribution in [2.75, 3.05) is 28.4 Å². The zero-order valence-corrected chi connectivity index (χ0v) is 19.2. The Hall–Kier alpha value is -3.75. The predicted octanol–water partition coefficient (Wildman–Crippen LogP) is 3.65. The molecule has 0 bridgehead atoms. The van der Waals surface area contributed by atoms with Gasteiger partial charge in [0.1, 0.15) is 23.0 Å². The lowest BCUT2D eigenvalue weighted by Gasteiger charge is -2.24. The minimum absolute atomic E-state index is 0.0628. The first kappa shape index (κ1) is 23.9. The van der Waals surface area contributed by atoms with Crippen LogP contribution in [-0.2, 0) is 9.59 Å². The van der Waals surface area contributed by atoms with Gasteiger partial charge >= 0.3 is 5.97 Å². The van der Waals surface area contributed by atoms with Crippen LogP contribution in [0, 0.1) is 0 Å². The van der Waals surface area contributed by atoms with E-state index in [1.54, 1.807) is 46.6 Å². The van der Waals surface area contributed by atoms with E-state index in [2.05, 4.69) is 5.10 Å². The Morgan fingerprint density at radius 2 is 1.61 bits per heavy atom. The first-order chi connectivity index (χ1) is 15.9. The summed E-state index contributed by atoms with van der Waals surface area (Å²) in [7, 11) is 6.27. The molecule has 2 aromatic carbocycles. The Labute approximate surface area is 192 Å². The number of carboxylic acids is 1. The third kappa shape index (κ3) is 5.54. The van der Waals surface area contributed by atoms with Crippen molar-refractivity contribution >= 4 is 17.6 Å². The van der Waals surface area contributed by atoms with Crippen LogP contribution in [0.1, 0.15) is 42.9 Å². The van der Waals surface area contributed by atoms with E-state index in [0.29, 0.717) is 35.1 Å². The molecule has 0 spiro atoms. The molecule has 9 nitrogen and oxygen atoms in total. The first-order valence-corrected chi connectivity index (χ1v) is 10.5. The molecule has 3 rings (SSSR count). The SMILES string of the molecule is COc1cc(OC)cc(C2=NN(C(=O)CCCC(=O)O)[C@H](c3cc(OC)ccc3OC)C2)c1. The topological polar surface area (TPSA) is 107 Å². The summed E-state index contributed by atoms with van der Waals surface area (Å²) in [5.74, 6) is 1.23. The third-order valence-electron chi connectivity index (χ3n) is 5.43. The number of rotatable bonds is 10. The predicted molar refractivity (Wildman–Crippen MR) is 121 cm³/mol. The molecule has 1 heterocycles. The number of methoxy groups -OCH3 is 4. The Balaban J connectivity index is 2.01. The van der Waals surface area contributed by atoms with Crippen molar-refractivity contribution in [3.8, 4) is 23.0 Å². The van der Waals surface area contributed by atoms with Crippen molar-refractivity contribution in [3.05, 3.63) is 47.5 Å². The number of hydrogen-bond acceptors (Lipinski definition) is 7. The number of hydrogen-bond donors (Lipinski definition) is 1. The summed E-state index contributed by atoms with van der Waals surface area (Å²) in [5, 5.41) is 15.0. The number of carboxylic acid groups (broad SMARTS) is 1. The highest BCUT2D eigenvalue weighted by Gasteiger charge is 2.35. The molecule has 0 fully saturated rings. The highest BCUT2D eigenvalue weighted by atomic mass is 16.5. The van der Waals surface area contributed by atoms with Crippen molar-refractivity contribution in [3.63, 3.8) is 0 Å². The standard InChI is InChI=1S/C24H28N2O7/c1-30-16-8-9-22(33-4)19(13-16)21-14-20(15-10-17(31-2)12-18(11-15)32-3)25-26(21)23(27)6-5-7-24(28)29/h8-13,21H,5-7,14H2,1-4H3,(H,28,29)/t21-/m0/s1. The van der Waals surface area contributed by atoms with Gasteiger partial charge in [-0.3, -0.25) is 9.59 Å². The van der Waals surface area contributed by atoms with Crippen molar-refractivity contribution < 1.29 is 33.6 Å². The maximum atomic E-state index is 13.1. The summed E-state index contributed by atoms with van der Waals surface area (Å²) in [6.07, 6.45) is 0.624. The first-order valence-electron chi connectivity index (χ1n) is 10.5. The molecular formula is C24H28N2O7. The van der Waals surface area contributed by atoms with Crippen LogP contribution in [0.5, 0.6) is 23.0 Å². The van der Waals surface area contributed by atoms with Crippen LogP contribution in [0.4, 0.5) is 0 Å². The molecule has 1 N–H and O–H groups in total. The second-order valence-electron chi connectivity index (χ2n) is 7.46. The lowest BCUT2D eigenvalue weighted by atomic mass is 9.97. The number of amides is 1. The van der Waals surface area contributed by atoms with Gasteiger partial charge in [0.05, 0.1) is 40.2 Å². The summed E-state index contributed by atoms with van der Waals surface area (Å²) in [4.78, 5) is 24.0. The lowest BCUT2D eigenvalue weighted by Crippen LogP contribution is -2.27. The number of hydrazone groups is 1. The molecule has 0 aliphatic carbocycles. The van der Waals surface area contributed by atoms with Gasteiger partial charge in [-0.1, -0.05) is 0 Å². The van der Waals surface area contributed by atoms with Crippen LogP contribution >= 0.6 is 0 Å². The number of ether oxygens (including phenoxy) is 4. The second-order valence-corrected chi connectivity index (χ2v) is 7.46. The molecule has 1 aliphatic rings. The number of carbonyl (C=O) groups excluding carboxylic acids is 1. The monoisotopic (exact) mass is 456 g/mol. The van der Waals surface area contributed by atoms with Crippen LogP contribution in [0.25, 0.3) is 0 Å². The van der Waals surface area contributed by atoms with Crippen LogP contribution in [0.2, 0.25) is 0 Å². The van der Waals surface area contributed by atoms with Crippen LogP contribution in [0.15, 0.2) is 41.5 Å². The van der Waals surface area contributed by atoms with Crippen LogP contribution in [0.3, 0.4) is 0 Å². The highest BCUT2D eigenvalue weighted by Crippen LogP contribution is 2.40. The summed E-state index contributed by atoms with van der Waals surface area (Å²) in [5.41, 5.74) is 2.18. The van der Waals surface area contributed by atoms with E-state index in [1.807, 2.05) is 18.2 Å². The van der Waals surface area contributed by atoms with Gasteiger partial charge in [-0.05, 0) is 36.8 Å². The highest BCUT2D eigenvalue weighted by molar-refractivity contribution is 6.04. The van der Waals surface area contributed by atoms with Gasteiger partial charge in [0, 0.05) is 36.5 Å². The van der Waals surface area contributed by atoms with Gasteiger partial charge in [0.25, 0.3) is 0 Å². The second kappa shape index (κ2) is 10.7. The number of carbonyl (C=O) groups is 2.